The molecule has 0 spiro atoms. The summed E-state index contributed by atoms with van der Waals surface area (Å²) in [4.78, 5) is 28.1. The molecule has 1 aromatic heterocycles. The molecule has 2 atom stereocenters. The fourth-order valence-corrected chi connectivity index (χ4v) is 3.40. The van der Waals surface area contributed by atoms with Crippen molar-refractivity contribution in [3.8, 4) is 0 Å². The minimum absolute atomic E-state index is 0.00693. The summed E-state index contributed by atoms with van der Waals surface area (Å²) < 4.78 is 5.29. The van der Waals surface area contributed by atoms with Gasteiger partial charge < -0.3 is 19.7 Å². The van der Waals surface area contributed by atoms with Crippen molar-refractivity contribution in [2.45, 2.75) is 38.3 Å². The molecule has 2 N–H and O–H groups in total. The predicted octanol–water partition coefficient (Wildman–Crippen LogP) is 1.14. The molecule has 7 heteroatoms. The molecular weight excluding hydrogens is 310 g/mol. The molecule has 0 saturated carbocycles. The van der Waals surface area contributed by atoms with E-state index in [2.05, 4.69) is 17.1 Å². The number of hydrogen-bond acceptors (Lipinski definition) is 5. The van der Waals surface area contributed by atoms with Crippen molar-refractivity contribution in [2.75, 3.05) is 26.2 Å². The van der Waals surface area contributed by atoms with Gasteiger partial charge in [0.05, 0.1) is 18.9 Å². The van der Waals surface area contributed by atoms with Gasteiger partial charge in [-0.25, -0.2) is 4.79 Å². The Balaban J connectivity index is 1.60. The average molecular weight is 335 g/mol. The lowest BCUT2D eigenvalue weighted by Crippen LogP contribution is -2.45. The second kappa shape index (κ2) is 6.57. The van der Waals surface area contributed by atoms with Gasteiger partial charge in [0.15, 0.2) is 5.54 Å². The maximum Gasteiger partial charge on any atom is 0.325 e. The molecule has 3 rings (SSSR count). The number of likely N-dealkylation sites (tertiary alicyclic amines) is 1. The SMILES string of the molecule is CC1CCN(C[C@@H](O)CN2C(=O)N[C@@](C)(c3ccco3)C2=O)CC1. The Morgan fingerprint density at radius 3 is 2.71 bits per heavy atom. The Kier molecular flexibility index (Phi) is 4.64. The first kappa shape index (κ1) is 17.0. The van der Waals surface area contributed by atoms with E-state index in [-0.39, 0.29) is 6.54 Å². The lowest BCUT2D eigenvalue weighted by Gasteiger charge is -2.32. The zero-order valence-electron chi connectivity index (χ0n) is 14.2. The number of nitrogens with one attached hydrogen (secondary N) is 1. The number of piperidine rings is 1. The van der Waals surface area contributed by atoms with Crippen LogP contribution in [0.2, 0.25) is 0 Å². The Morgan fingerprint density at radius 1 is 1.38 bits per heavy atom. The van der Waals surface area contributed by atoms with Gasteiger partial charge in [-0.15, -0.1) is 0 Å². The molecule has 3 heterocycles. The number of rotatable bonds is 5. The molecule has 132 valence electrons. The maximum atomic E-state index is 12.7. The van der Waals surface area contributed by atoms with E-state index < -0.39 is 23.6 Å². The van der Waals surface area contributed by atoms with Crippen LogP contribution in [-0.2, 0) is 10.3 Å². The van der Waals surface area contributed by atoms with Crippen LogP contribution >= 0.6 is 0 Å². The van der Waals surface area contributed by atoms with Gasteiger partial charge in [0.1, 0.15) is 5.76 Å². The molecule has 0 aromatic carbocycles. The van der Waals surface area contributed by atoms with E-state index in [0.29, 0.717) is 12.3 Å². The number of aliphatic hydroxyl groups is 1. The number of imide groups is 1. The van der Waals surface area contributed by atoms with Crippen LogP contribution in [0.25, 0.3) is 0 Å². The summed E-state index contributed by atoms with van der Waals surface area (Å²) in [6, 6.07) is 2.84. The highest BCUT2D eigenvalue weighted by molar-refractivity contribution is 6.06. The Labute approximate surface area is 141 Å². The average Bonchev–Trinajstić information content (AvgIpc) is 3.14. The van der Waals surface area contributed by atoms with Crippen molar-refractivity contribution in [3.63, 3.8) is 0 Å². The monoisotopic (exact) mass is 335 g/mol. The lowest BCUT2D eigenvalue weighted by atomic mass is 9.98. The molecule has 2 aliphatic heterocycles. The molecule has 0 radical (unpaired) electrons. The minimum atomic E-state index is -1.21. The number of furan rings is 1. The van der Waals surface area contributed by atoms with Crippen LogP contribution in [0.15, 0.2) is 22.8 Å². The second-order valence-electron chi connectivity index (χ2n) is 7.09. The third kappa shape index (κ3) is 3.18. The number of carbonyl (C=O) groups is 2. The quantitative estimate of drug-likeness (QED) is 0.788. The number of carbonyl (C=O) groups excluding carboxylic acids is 2. The summed E-state index contributed by atoms with van der Waals surface area (Å²) in [6.45, 7) is 6.21. The number of β-amino-alcohol motifs (C(OH)–C–C–N with tert-alkyl or cyclic N) is 1. The van der Waals surface area contributed by atoms with E-state index in [9.17, 15) is 14.7 Å². The Hall–Kier alpha value is -1.86. The molecule has 1 aromatic rings. The predicted molar refractivity (Wildman–Crippen MR) is 87.1 cm³/mol. The summed E-state index contributed by atoms with van der Waals surface area (Å²) in [5, 5.41) is 13.0. The van der Waals surface area contributed by atoms with E-state index in [1.54, 1.807) is 19.1 Å². The van der Waals surface area contributed by atoms with Crippen molar-refractivity contribution >= 4 is 11.9 Å². The fourth-order valence-electron chi connectivity index (χ4n) is 3.40. The van der Waals surface area contributed by atoms with Gasteiger partial charge in [0.25, 0.3) is 5.91 Å². The highest BCUT2D eigenvalue weighted by Gasteiger charge is 2.51. The molecule has 3 amide bonds. The minimum Gasteiger partial charge on any atom is -0.466 e. The van der Waals surface area contributed by atoms with E-state index in [1.165, 1.54) is 6.26 Å². The van der Waals surface area contributed by atoms with Crippen LogP contribution < -0.4 is 5.32 Å². The summed E-state index contributed by atoms with van der Waals surface area (Å²) in [5.74, 6) is 0.718. The number of nitrogens with zero attached hydrogens (tertiary/aromatic N) is 2. The van der Waals surface area contributed by atoms with Crippen molar-refractivity contribution in [1.29, 1.82) is 0 Å². The lowest BCUT2D eigenvalue weighted by molar-refractivity contribution is -0.132. The van der Waals surface area contributed by atoms with Crippen molar-refractivity contribution in [2.24, 2.45) is 5.92 Å². The maximum absolute atomic E-state index is 12.7. The van der Waals surface area contributed by atoms with Gasteiger partial charge >= 0.3 is 6.03 Å². The molecule has 2 fully saturated rings. The zero-order chi connectivity index (χ0) is 17.3. The number of aliphatic hydroxyl groups excluding tert-OH is 1. The van der Waals surface area contributed by atoms with Gasteiger partial charge in [-0.05, 0) is 50.9 Å². The fraction of sp³-hybridized carbons (Fsp3) is 0.647. The van der Waals surface area contributed by atoms with Crippen molar-refractivity contribution < 1.29 is 19.1 Å². The number of amides is 3. The summed E-state index contributed by atoms with van der Waals surface area (Å²) in [7, 11) is 0. The van der Waals surface area contributed by atoms with Crippen LogP contribution in [0.3, 0.4) is 0 Å². The van der Waals surface area contributed by atoms with Crippen LogP contribution in [0.4, 0.5) is 4.79 Å². The number of hydrogen-bond donors (Lipinski definition) is 2. The third-order valence-corrected chi connectivity index (χ3v) is 5.03. The highest BCUT2D eigenvalue weighted by atomic mass is 16.3. The molecular formula is C17H25N3O4. The molecule has 0 aliphatic carbocycles. The van der Waals surface area contributed by atoms with Gasteiger partial charge in [-0.2, -0.15) is 0 Å². The largest absolute Gasteiger partial charge is 0.466 e. The normalized spacial score (nSPS) is 27.5. The van der Waals surface area contributed by atoms with E-state index in [4.69, 9.17) is 4.42 Å². The molecule has 24 heavy (non-hydrogen) atoms. The highest BCUT2D eigenvalue weighted by Crippen LogP contribution is 2.29. The van der Waals surface area contributed by atoms with Gasteiger partial charge in [-0.1, -0.05) is 6.92 Å². The van der Waals surface area contributed by atoms with Crippen molar-refractivity contribution in [1.82, 2.24) is 15.1 Å². The van der Waals surface area contributed by atoms with Crippen LogP contribution in [0.5, 0.6) is 0 Å². The molecule has 2 saturated heterocycles. The first-order valence-corrected chi connectivity index (χ1v) is 8.48. The van der Waals surface area contributed by atoms with E-state index in [0.717, 1.165) is 36.7 Å². The Bertz CT molecular complexity index is 595. The van der Waals surface area contributed by atoms with E-state index in [1.807, 2.05) is 0 Å². The van der Waals surface area contributed by atoms with Crippen LogP contribution in [0, 0.1) is 5.92 Å². The molecule has 7 nitrogen and oxygen atoms in total. The standard InChI is InChI=1S/C17H25N3O4/c1-12-5-7-19(8-6-12)10-13(21)11-20-15(22)17(2,18-16(20)23)14-4-3-9-24-14/h3-4,9,12-13,21H,5-8,10-11H2,1-2H3,(H,18,23)/t13-,17+/m1/s1. The summed E-state index contributed by atoms with van der Waals surface area (Å²) in [5.41, 5.74) is -1.21. The first-order chi connectivity index (χ1) is 11.4. The van der Waals surface area contributed by atoms with Gasteiger partial charge in [-0.3, -0.25) is 9.69 Å². The third-order valence-electron chi connectivity index (χ3n) is 5.03. The molecule has 0 unspecified atom stereocenters. The topological polar surface area (TPSA) is 86.0 Å². The summed E-state index contributed by atoms with van der Waals surface area (Å²) >= 11 is 0. The second-order valence-corrected chi connectivity index (χ2v) is 7.09. The van der Waals surface area contributed by atoms with Crippen molar-refractivity contribution in [3.05, 3.63) is 24.2 Å². The van der Waals surface area contributed by atoms with Gasteiger partial charge in [0.2, 0.25) is 0 Å². The zero-order valence-corrected chi connectivity index (χ0v) is 14.2. The van der Waals surface area contributed by atoms with E-state index >= 15 is 0 Å². The molecule has 0 bridgehead atoms. The van der Waals surface area contributed by atoms with Crippen LogP contribution in [-0.4, -0.2) is 59.1 Å². The van der Waals surface area contributed by atoms with Crippen LogP contribution in [0.1, 0.15) is 32.4 Å². The van der Waals surface area contributed by atoms with Gasteiger partial charge in [0, 0.05) is 6.54 Å². The smallest absolute Gasteiger partial charge is 0.325 e. The first-order valence-electron chi connectivity index (χ1n) is 8.48. The number of urea groups is 1. The Morgan fingerprint density at radius 2 is 2.08 bits per heavy atom. The molecule has 2 aliphatic rings. The summed E-state index contributed by atoms with van der Waals surface area (Å²) in [6.07, 6.45) is 2.94.